The monoisotopic (exact) mass is 185 g/mol. The normalized spacial score (nSPS) is 10.8. The number of anilines is 1. The summed E-state index contributed by atoms with van der Waals surface area (Å²) in [7, 11) is 5.90. The number of hydrogen-bond donors (Lipinski definition) is 1. The van der Waals surface area contributed by atoms with E-state index in [9.17, 15) is 0 Å². The van der Waals surface area contributed by atoms with Gasteiger partial charge in [-0.3, -0.25) is 0 Å². The molecule has 0 radical (unpaired) electrons. The van der Waals surface area contributed by atoms with Gasteiger partial charge >= 0.3 is 0 Å². The summed E-state index contributed by atoms with van der Waals surface area (Å²) in [6.45, 7) is 1.76. The molecule has 13 heavy (non-hydrogen) atoms. The molecule has 0 amide bonds. The van der Waals surface area contributed by atoms with E-state index in [0.29, 0.717) is 5.88 Å². The highest BCUT2D eigenvalue weighted by molar-refractivity contribution is 5.36. The third-order valence-electron chi connectivity index (χ3n) is 1.74. The van der Waals surface area contributed by atoms with Crippen molar-refractivity contribution in [2.24, 2.45) is 0 Å². The van der Waals surface area contributed by atoms with Crippen molar-refractivity contribution in [1.29, 1.82) is 0 Å². The Labute approximate surface area is 77.5 Å². The number of hydrogen-bond acceptors (Lipinski definition) is 5. The van der Waals surface area contributed by atoms with Gasteiger partial charge in [-0.25, -0.2) is 0 Å². The van der Waals surface area contributed by atoms with Crippen molar-refractivity contribution in [1.82, 2.24) is 10.1 Å². The fourth-order valence-electron chi connectivity index (χ4n) is 0.897. The largest absolute Gasteiger partial charge is 0.491 e. The summed E-state index contributed by atoms with van der Waals surface area (Å²) < 4.78 is 4.87. The predicted octanol–water partition coefficient (Wildman–Crippen LogP) is 0.378. The summed E-state index contributed by atoms with van der Waals surface area (Å²) in [4.78, 5) is 3.97. The molecule has 74 valence electrons. The van der Waals surface area contributed by atoms with Crippen LogP contribution in [0.1, 0.15) is 0 Å². The van der Waals surface area contributed by atoms with Gasteiger partial charge in [0.15, 0.2) is 0 Å². The van der Waals surface area contributed by atoms with Gasteiger partial charge < -0.3 is 19.4 Å². The van der Waals surface area contributed by atoms with Gasteiger partial charge in [-0.15, -0.1) is 0 Å². The second-order valence-corrected chi connectivity index (χ2v) is 3.25. The molecule has 0 bridgehead atoms. The summed E-state index contributed by atoms with van der Waals surface area (Å²) in [6.07, 6.45) is 0. The van der Waals surface area contributed by atoms with Gasteiger partial charge in [0.2, 0.25) is 5.88 Å². The first-order chi connectivity index (χ1) is 6.09. The van der Waals surface area contributed by atoms with Crippen LogP contribution in [-0.4, -0.2) is 49.4 Å². The van der Waals surface area contributed by atoms with Crippen molar-refractivity contribution in [2.45, 2.75) is 0 Å². The lowest BCUT2D eigenvalue weighted by molar-refractivity contribution is 0.356. The quantitative estimate of drug-likeness (QED) is 0.734. The van der Waals surface area contributed by atoms with Crippen molar-refractivity contribution in [3.05, 3.63) is 6.07 Å². The highest BCUT2D eigenvalue weighted by atomic mass is 16.5. The van der Waals surface area contributed by atoms with Crippen molar-refractivity contribution >= 4 is 5.88 Å². The van der Waals surface area contributed by atoms with Crippen LogP contribution in [0.5, 0.6) is 5.88 Å². The fourth-order valence-corrected chi connectivity index (χ4v) is 0.897. The molecular formula is C8H15N3O2. The van der Waals surface area contributed by atoms with Crippen LogP contribution in [0.15, 0.2) is 10.6 Å². The van der Waals surface area contributed by atoms with Crippen LogP contribution in [0.2, 0.25) is 0 Å². The molecular weight excluding hydrogens is 170 g/mol. The zero-order chi connectivity index (χ0) is 9.84. The molecule has 0 unspecified atom stereocenters. The molecule has 1 heterocycles. The lowest BCUT2D eigenvalue weighted by atomic mass is 10.5. The smallest absolute Gasteiger partial charge is 0.253 e. The number of aromatic nitrogens is 1. The Balaban J connectivity index is 2.44. The summed E-state index contributed by atoms with van der Waals surface area (Å²) in [5, 5.41) is 12.3. The summed E-state index contributed by atoms with van der Waals surface area (Å²) in [5.74, 6) is 0.506. The molecule has 0 aliphatic carbocycles. The number of rotatable bonds is 4. The fraction of sp³-hybridized carbons (Fsp3) is 0.625. The van der Waals surface area contributed by atoms with Crippen LogP contribution in [0.3, 0.4) is 0 Å². The Hall–Kier alpha value is -1.23. The second-order valence-electron chi connectivity index (χ2n) is 3.25. The molecule has 0 aromatic carbocycles. The average Bonchev–Trinajstić information content (AvgIpc) is 2.47. The van der Waals surface area contributed by atoms with Gasteiger partial charge in [0, 0.05) is 20.1 Å². The zero-order valence-electron chi connectivity index (χ0n) is 8.19. The molecule has 0 fully saturated rings. The van der Waals surface area contributed by atoms with Gasteiger partial charge in [0.25, 0.3) is 5.88 Å². The maximum Gasteiger partial charge on any atom is 0.253 e. The molecule has 0 saturated heterocycles. The minimum atomic E-state index is -0.0771. The van der Waals surface area contributed by atoms with E-state index in [0.717, 1.165) is 13.1 Å². The van der Waals surface area contributed by atoms with E-state index < -0.39 is 0 Å². The summed E-state index contributed by atoms with van der Waals surface area (Å²) >= 11 is 0. The third kappa shape index (κ3) is 2.95. The van der Waals surface area contributed by atoms with Crippen molar-refractivity contribution < 1.29 is 9.63 Å². The summed E-state index contributed by atoms with van der Waals surface area (Å²) in [5.41, 5.74) is 0. The van der Waals surface area contributed by atoms with E-state index >= 15 is 0 Å². The van der Waals surface area contributed by atoms with E-state index in [1.54, 1.807) is 0 Å². The minimum Gasteiger partial charge on any atom is -0.491 e. The Morgan fingerprint density at radius 1 is 1.38 bits per heavy atom. The number of likely N-dealkylation sites (N-methyl/N-ethyl adjacent to an activating group) is 2. The SMILES string of the molecule is CN(C)CCN(C)c1cc(O)no1. The Kier molecular flexibility index (Phi) is 3.13. The average molecular weight is 185 g/mol. The topological polar surface area (TPSA) is 52.7 Å². The summed E-state index contributed by atoms with van der Waals surface area (Å²) in [6, 6.07) is 1.50. The molecule has 0 aliphatic heterocycles. The van der Waals surface area contributed by atoms with Crippen LogP contribution in [-0.2, 0) is 0 Å². The lowest BCUT2D eigenvalue weighted by Gasteiger charge is -2.17. The predicted molar refractivity (Wildman–Crippen MR) is 50.0 cm³/mol. The molecule has 5 nitrogen and oxygen atoms in total. The van der Waals surface area contributed by atoms with Gasteiger partial charge in [-0.2, -0.15) is 0 Å². The second kappa shape index (κ2) is 4.13. The maximum absolute atomic E-state index is 8.94. The lowest BCUT2D eigenvalue weighted by Crippen LogP contribution is -2.28. The molecule has 1 rings (SSSR count). The van der Waals surface area contributed by atoms with Gasteiger partial charge in [0.1, 0.15) is 0 Å². The van der Waals surface area contributed by atoms with Crippen LogP contribution in [0, 0.1) is 0 Å². The highest BCUT2D eigenvalue weighted by Crippen LogP contribution is 2.17. The molecule has 5 heteroatoms. The van der Waals surface area contributed by atoms with Crippen molar-refractivity contribution in [3.8, 4) is 5.88 Å². The molecule has 1 N–H and O–H groups in total. The molecule has 0 atom stereocenters. The Morgan fingerprint density at radius 3 is 2.54 bits per heavy atom. The van der Waals surface area contributed by atoms with Crippen molar-refractivity contribution in [3.63, 3.8) is 0 Å². The van der Waals surface area contributed by atoms with E-state index in [1.807, 2.05) is 26.0 Å². The molecule has 0 saturated carbocycles. The van der Waals surface area contributed by atoms with Gasteiger partial charge in [-0.1, -0.05) is 0 Å². The van der Waals surface area contributed by atoms with Crippen LogP contribution in [0.4, 0.5) is 5.88 Å². The standard InChI is InChI=1S/C8H15N3O2/c1-10(2)4-5-11(3)8-6-7(12)9-13-8/h6H,4-5H2,1-3H3,(H,9,12). The molecule has 1 aromatic rings. The zero-order valence-corrected chi connectivity index (χ0v) is 8.19. The van der Waals surface area contributed by atoms with E-state index in [1.165, 1.54) is 6.07 Å². The van der Waals surface area contributed by atoms with E-state index in [-0.39, 0.29) is 5.88 Å². The number of nitrogens with zero attached hydrogens (tertiary/aromatic N) is 3. The highest BCUT2D eigenvalue weighted by Gasteiger charge is 2.07. The first-order valence-electron chi connectivity index (χ1n) is 4.11. The van der Waals surface area contributed by atoms with E-state index in [2.05, 4.69) is 10.1 Å². The molecule has 1 aromatic heterocycles. The molecule has 0 spiro atoms. The van der Waals surface area contributed by atoms with Gasteiger partial charge in [0.05, 0.1) is 6.07 Å². The minimum absolute atomic E-state index is 0.0771. The van der Waals surface area contributed by atoms with Crippen LogP contribution < -0.4 is 4.90 Å². The van der Waals surface area contributed by atoms with Crippen LogP contribution >= 0.6 is 0 Å². The van der Waals surface area contributed by atoms with Gasteiger partial charge in [-0.05, 0) is 19.3 Å². The Bertz CT molecular complexity index is 260. The Morgan fingerprint density at radius 2 is 2.08 bits per heavy atom. The maximum atomic E-state index is 8.94. The van der Waals surface area contributed by atoms with E-state index in [4.69, 9.17) is 9.63 Å². The van der Waals surface area contributed by atoms with Crippen molar-refractivity contribution in [2.75, 3.05) is 39.1 Å². The number of aromatic hydroxyl groups is 1. The first kappa shape index (κ1) is 9.85. The third-order valence-corrected chi connectivity index (χ3v) is 1.74. The molecule has 0 aliphatic rings. The first-order valence-corrected chi connectivity index (χ1v) is 4.11. The van der Waals surface area contributed by atoms with Crippen LogP contribution in [0.25, 0.3) is 0 Å².